The van der Waals surface area contributed by atoms with E-state index in [1.54, 1.807) is 6.07 Å². The monoisotopic (exact) mass is 370 g/mol. The van der Waals surface area contributed by atoms with Crippen LogP contribution >= 0.6 is 0 Å². The van der Waals surface area contributed by atoms with Crippen molar-refractivity contribution in [3.05, 3.63) is 66.0 Å². The number of benzene rings is 2. The summed E-state index contributed by atoms with van der Waals surface area (Å²) in [6.07, 6.45) is -2.72. The van der Waals surface area contributed by atoms with Gasteiger partial charge in [-0.3, -0.25) is 4.79 Å². The van der Waals surface area contributed by atoms with Crippen LogP contribution in [0.2, 0.25) is 0 Å². The summed E-state index contributed by atoms with van der Waals surface area (Å²) in [7, 11) is 0. The lowest BCUT2D eigenvalue weighted by atomic mass is 10.1. The number of hydrogen-bond donors (Lipinski definition) is 2. The fourth-order valence-electron chi connectivity index (χ4n) is 2.91. The Kier molecular flexibility index (Phi) is 4.02. The largest absolute Gasteiger partial charge is 0.416 e. The van der Waals surface area contributed by atoms with Crippen LogP contribution < -0.4 is 10.6 Å². The van der Waals surface area contributed by atoms with E-state index in [2.05, 4.69) is 20.6 Å². The molecule has 2 N–H and O–H groups in total. The number of amides is 1. The zero-order chi connectivity index (χ0) is 19.0. The number of halogens is 3. The zero-order valence-electron chi connectivity index (χ0n) is 13.8. The number of nitrogens with zero attached hydrogens (tertiary/aromatic N) is 2. The molecule has 0 unspecified atom stereocenters. The lowest BCUT2D eigenvalue weighted by molar-refractivity contribution is -0.137. The minimum atomic E-state index is -4.38. The molecule has 0 bridgehead atoms. The van der Waals surface area contributed by atoms with Crippen LogP contribution in [0, 0.1) is 0 Å². The van der Waals surface area contributed by atoms with Crippen LogP contribution in [0.25, 0.3) is 11.3 Å². The minimum Gasteiger partial charge on any atom is -0.338 e. The number of hydrogen-bond acceptors (Lipinski definition) is 4. The van der Waals surface area contributed by atoms with Crippen LogP contribution in [0.15, 0.2) is 54.9 Å². The van der Waals surface area contributed by atoms with E-state index in [4.69, 9.17) is 0 Å². The van der Waals surface area contributed by atoms with Gasteiger partial charge >= 0.3 is 6.18 Å². The van der Waals surface area contributed by atoms with E-state index < -0.39 is 11.7 Å². The molecule has 3 aromatic rings. The molecular weight excluding hydrogens is 357 g/mol. The molecule has 0 saturated carbocycles. The van der Waals surface area contributed by atoms with E-state index in [1.807, 2.05) is 18.2 Å². The smallest absolute Gasteiger partial charge is 0.338 e. The maximum absolute atomic E-state index is 12.7. The van der Waals surface area contributed by atoms with Crippen LogP contribution in [0.3, 0.4) is 0 Å². The Bertz CT molecular complexity index is 1020. The van der Waals surface area contributed by atoms with E-state index in [-0.39, 0.29) is 5.91 Å². The predicted octanol–water partition coefficient (Wildman–Crippen LogP) is 4.40. The molecule has 5 nitrogen and oxygen atoms in total. The molecule has 0 radical (unpaired) electrons. The molecule has 2 heterocycles. The van der Waals surface area contributed by atoms with E-state index in [0.717, 1.165) is 17.7 Å². The third-order valence-corrected chi connectivity index (χ3v) is 4.20. The standard InChI is InChI=1S/C19H13F3N4O/c20-19(21,22)13-6-4-11(5-7-13)15-9-16(24-10-23-15)25-14-3-1-2-12-8-17(27)26-18(12)14/h1-7,9-10H,8H2,(H,26,27)(H,23,24,25). The lowest BCUT2D eigenvalue weighted by Gasteiger charge is -2.11. The van der Waals surface area contributed by atoms with Gasteiger partial charge in [0.25, 0.3) is 0 Å². The van der Waals surface area contributed by atoms with Crippen molar-refractivity contribution < 1.29 is 18.0 Å². The fraction of sp³-hybridized carbons (Fsp3) is 0.105. The van der Waals surface area contributed by atoms with E-state index >= 15 is 0 Å². The van der Waals surface area contributed by atoms with Crippen LogP contribution in [0.1, 0.15) is 11.1 Å². The molecule has 0 saturated heterocycles. The van der Waals surface area contributed by atoms with Gasteiger partial charge in [-0.15, -0.1) is 0 Å². The number of fused-ring (bicyclic) bond motifs is 1. The molecule has 27 heavy (non-hydrogen) atoms. The van der Waals surface area contributed by atoms with E-state index in [0.29, 0.717) is 34.9 Å². The van der Waals surface area contributed by atoms with Crippen molar-refractivity contribution in [3.8, 4) is 11.3 Å². The molecule has 0 spiro atoms. The SMILES string of the molecule is O=C1Cc2cccc(Nc3cc(-c4ccc(C(F)(F)F)cc4)ncn3)c2N1. The van der Waals surface area contributed by atoms with Crippen molar-refractivity contribution in [3.63, 3.8) is 0 Å². The van der Waals surface area contributed by atoms with E-state index in [9.17, 15) is 18.0 Å². The van der Waals surface area contributed by atoms with Crippen LogP contribution in [0.5, 0.6) is 0 Å². The molecule has 1 amide bonds. The Morgan fingerprint density at radius 3 is 2.56 bits per heavy atom. The van der Waals surface area contributed by atoms with Crippen LogP contribution in [-0.2, 0) is 17.4 Å². The number of anilines is 3. The van der Waals surface area contributed by atoms with Crippen LogP contribution in [0.4, 0.5) is 30.4 Å². The number of alkyl halides is 3. The van der Waals surface area contributed by atoms with Crippen LogP contribution in [-0.4, -0.2) is 15.9 Å². The summed E-state index contributed by atoms with van der Waals surface area (Å²) in [6, 6.07) is 11.9. The van der Waals surface area contributed by atoms with Gasteiger partial charge in [-0.25, -0.2) is 9.97 Å². The highest BCUT2D eigenvalue weighted by Crippen LogP contribution is 2.34. The minimum absolute atomic E-state index is 0.0765. The zero-order valence-corrected chi connectivity index (χ0v) is 13.8. The topological polar surface area (TPSA) is 66.9 Å². The van der Waals surface area contributed by atoms with Gasteiger partial charge in [0.1, 0.15) is 12.1 Å². The second-order valence-corrected chi connectivity index (χ2v) is 6.05. The summed E-state index contributed by atoms with van der Waals surface area (Å²) in [5, 5.41) is 5.93. The Morgan fingerprint density at radius 2 is 1.81 bits per heavy atom. The summed E-state index contributed by atoms with van der Waals surface area (Å²) in [4.78, 5) is 19.9. The number of nitrogens with one attached hydrogen (secondary N) is 2. The maximum Gasteiger partial charge on any atom is 0.416 e. The average Bonchev–Trinajstić information content (AvgIpc) is 3.03. The second-order valence-electron chi connectivity index (χ2n) is 6.05. The molecule has 8 heteroatoms. The molecular formula is C19H13F3N4O. The summed E-state index contributed by atoms with van der Waals surface area (Å²) < 4.78 is 38.1. The first-order chi connectivity index (χ1) is 12.9. The summed E-state index contributed by atoms with van der Waals surface area (Å²) in [5.41, 5.74) is 2.60. The molecule has 1 aromatic heterocycles. The van der Waals surface area contributed by atoms with Crippen molar-refractivity contribution in [2.45, 2.75) is 12.6 Å². The normalized spacial score (nSPS) is 13.2. The van der Waals surface area contributed by atoms with Gasteiger partial charge in [-0.05, 0) is 23.8 Å². The van der Waals surface area contributed by atoms with Crippen molar-refractivity contribution >= 4 is 23.1 Å². The van der Waals surface area contributed by atoms with Gasteiger partial charge in [0.05, 0.1) is 29.1 Å². The molecule has 0 fully saturated rings. The highest BCUT2D eigenvalue weighted by molar-refractivity contribution is 6.03. The van der Waals surface area contributed by atoms with Gasteiger partial charge < -0.3 is 10.6 Å². The number of para-hydroxylation sites is 1. The Labute approximate surface area is 152 Å². The first kappa shape index (κ1) is 17.0. The van der Waals surface area contributed by atoms with Gasteiger partial charge in [0, 0.05) is 11.6 Å². The van der Waals surface area contributed by atoms with Gasteiger partial charge in [0.15, 0.2) is 0 Å². The molecule has 1 aliphatic rings. The van der Waals surface area contributed by atoms with Gasteiger partial charge in [-0.1, -0.05) is 24.3 Å². The molecule has 0 aliphatic carbocycles. The first-order valence-electron chi connectivity index (χ1n) is 8.08. The highest BCUT2D eigenvalue weighted by Gasteiger charge is 2.30. The van der Waals surface area contributed by atoms with Crippen molar-refractivity contribution in [2.24, 2.45) is 0 Å². The highest BCUT2D eigenvalue weighted by atomic mass is 19.4. The average molecular weight is 370 g/mol. The Balaban J connectivity index is 1.61. The first-order valence-corrected chi connectivity index (χ1v) is 8.08. The molecule has 0 atom stereocenters. The summed E-state index contributed by atoms with van der Waals surface area (Å²) in [5.74, 6) is 0.391. The van der Waals surface area contributed by atoms with Crippen molar-refractivity contribution in [1.82, 2.24) is 9.97 Å². The predicted molar refractivity (Wildman–Crippen MR) is 94.5 cm³/mol. The third kappa shape index (κ3) is 3.46. The van der Waals surface area contributed by atoms with Gasteiger partial charge in [-0.2, -0.15) is 13.2 Å². The number of aromatic nitrogens is 2. The molecule has 1 aliphatic heterocycles. The third-order valence-electron chi connectivity index (χ3n) is 4.20. The van der Waals surface area contributed by atoms with E-state index in [1.165, 1.54) is 18.5 Å². The fourth-order valence-corrected chi connectivity index (χ4v) is 2.91. The Hall–Kier alpha value is -3.42. The second kappa shape index (κ2) is 6.39. The lowest BCUT2D eigenvalue weighted by Crippen LogP contribution is -2.05. The maximum atomic E-state index is 12.7. The van der Waals surface area contributed by atoms with Crippen molar-refractivity contribution in [2.75, 3.05) is 10.6 Å². The van der Waals surface area contributed by atoms with Crippen molar-refractivity contribution in [1.29, 1.82) is 0 Å². The number of rotatable bonds is 3. The summed E-state index contributed by atoms with van der Waals surface area (Å²) in [6.45, 7) is 0. The molecule has 2 aromatic carbocycles. The molecule has 4 rings (SSSR count). The van der Waals surface area contributed by atoms with Gasteiger partial charge in [0.2, 0.25) is 5.91 Å². The number of carbonyl (C=O) groups excluding carboxylic acids is 1. The molecule has 136 valence electrons. The number of carbonyl (C=O) groups is 1. The quantitative estimate of drug-likeness (QED) is 0.717. The summed E-state index contributed by atoms with van der Waals surface area (Å²) >= 11 is 0. The Morgan fingerprint density at radius 1 is 1.04 bits per heavy atom.